The number of anilines is 1. The summed E-state index contributed by atoms with van der Waals surface area (Å²) in [6.45, 7) is 0.704. The van der Waals surface area contributed by atoms with E-state index in [1.165, 1.54) is 22.9 Å². The normalized spacial score (nSPS) is 12.0. The number of alkyl halides is 3. The Morgan fingerprint density at radius 2 is 1.48 bits per heavy atom. The highest BCUT2D eigenvalue weighted by Crippen LogP contribution is 2.26. The lowest BCUT2D eigenvalue weighted by molar-refractivity contribution is -0.0429. The van der Waals surface area contributed by atoms with Gasteiger partial charge in [0, 0.05) is 10.7 Å². The Morgan fingerprint density at radius 1 is 0.871 bits per heavy atom. The van der Waals surface area contributed by atoms with Crippen LogP contribution in [0.3, 0.4) is 0 Å². The van der Waals surface area contributed by atoms with Crippen LogP contribution in [0, 0.1) is 0 Å². The summed E-state index contributed by atoms with van der Waals surface area (Å²) in [6.07, 6.45) is 0.421. The highest BCUT2D eigenvalue weighted by molar-refractivity contribution is 7.93. The minimum atomic E-state index is -5.44. The van der Waals surface area contributed by atoms with Crippen molar-refractivity contribution in [2.24, 2.45) is 0 Å². The summed E-state index contributed by atoms with van der Waals surface area (Å²) < 4.78 is 67.1. The van der Waals surface area contributed by atoms with Crippen LogP contribution in [0.25, 0.3) is 11.1 Å². The van der Waals surface area contributed by atoms with Gasteiger partial charge in [-0.1, -0.05) is 60.1 Å². The number of ether oxygens (including phenoxy) is 1. The van der Waals surface area contributed by atoms with Crippen LogP contribution < -0.4 is 4.72 Å². The zero-order chi connectivity index (χ0) is 22.5. The van der Waals surface area contributed by atoms with Crippen LogP contribution in [-0.4, -0.2) is 20.5 Å². The highest BCUT2D eigenvalue weighted by Gasteiger charge is 2.46. The molecule has 0 spiro atoms. The van der Waals surface area contributed by atoms with Crippen molar-refractivity contribution in [2.45, 2.75) is 18.5 Å². The SMILES string of the molecule is O=S(=O)(Nc1cccc(CCOCc2ccc(-c3ccc(Cl)cc3)cc2)c1)C(F)(F)F. The summed E-state index contributed by atoms with van der Waals surface area (Å²) in [4.78, 5) is 0. The molecule has 164 valence electrons. The molecule has 0 radical (unpaired) electrons. The molecule has 0 fully saturated rings. The predicted molar refractivity (Wildman–Crippen MR) is 115 cm³/mol. The zero-order valence-electron chi connectivity index (χ0n) is 16.2. The number of benzene rings is 3. The first kappa shape index (κ1) is 23.1. The van der Waals surface area contributed by atoms with Crippen molar-refractivity contribution in [3.05, 3.63) is 88.9 Å². The monoisotopic (exact) mass is 469 g/mol. The molecule has 3 aromatic rings. The average molecular weight is 470 g/mol. The third-order valence-electron chi connectivity index (χ3n) is 4.42. The molecule has 0 heterocycles. The molecule has 0 aliphatic carbocycles. The lowest BCUT2D eigenvalue weighted by atomic mass is 10.0. The summed E-state index contributed by atoms with van der Waals surface area (Å²) in [5.41, 5.74) is -1.77. The molecule has 4 nitrogen and oxygen atoms in total. The van der Waals surface area contributed by atoms with Gasteiger partial charge >= 0.3 is 15.5 Å². The van der Waals surface area contributed by atoms with Gasteiger partial charge in [0.1, 0.15) is 0 Å². The zero-order valence-corrected chi connectivity index (χ0v) is 17.8. The summed E-state index contributed by atoms with van der Waals surface area (Å²) in [5.74, 6) is 0. The Kier molecular flexibility index (Phi) is 7.25. The first-order valence-electron chi connectivity index (χ1n) is 9.25. The van der Waals surface area contributed by atoms with E-state index in [2.05, 4.69) is 0 Å². The third-order valence-corrected chi connectivity index (χ3v) is 5.79. The van der Waals surface area contributed by atoms with Crippen molar-refractivity contribution in [2.75, 3.05) is 11.3 Å². The Labute approximate surface area is 183 Å². The first-order chi connectivity index (χ1) is 14.6. The van der Waals surface area contributed by atoms with Crippen LogP contribution >= 0.6 is 11.6 Å². The summed E-state index contributed by atoms with van der Waals surface area (Å²) in [7, 11) is -5.44. The average Bonchev–Trinajstić information content (AvgIpc) is 2.71. The number of hydrogen-bond acceptors (Lipinski definition) is 3. The number of rotatable bonds is 8. The molecule has 9 heteroatoms. The van der Waals surface area contributed by atoms with E-state index < -0.39 is 15.5 Å². The van der Waals surface area contributed by atoms with Gasteiger partial charge in [-0.3, -0.25) is 4.72 Å². The van der Waals surface area contributed by atoms with E-state index in [4.69, 9.17) is 16.3 Å². The first-order valence-corrected chi connectivity index (χ1v) is 11.1. The Hall–Kier alpha value is -2.55. The summed E-state index contributed by atoms with van der Waals surface area (Å²) in [5, 5.41) is 0.678. The largest absolute Gasteiger partial charge is 0.516 e. The van der Waals surface area contributed by atoms with Crippen molar-refractivity contribution < 1.29 is 26.3 Å². The van der Waals surface area contributed by atoms with Crippen molar-refractivity contribution in [1.82, 2.24) is 0 Å². The van der Waals surface area contributed by atoms with Crippen molar-refractivity contribution in [1.29, 1.82) is 0 Å². The number of sulfonamides is 1. The smallest absolute Gasteiger partial charge is 0.376 e. The second kappa shape index (κ2) is 9.72. The molecule has 0 aromatic heterocycles. The molecule has 0 bridgehead atoms. The van der Waals surface area contributed by atoms with Crippen molar-refractivity contribution >= 4 is 27.3 Å². The Morgan fingerprint density at radius 3 is 2.10 bits per heavy atom. The molecule has 3 aromatic carbocycles. The van der Waals surface area contributed by atoms with Crippen LogP contribution in [0.1, 0.15) is 11.1 Å². The lowest BCUT2D eigenvalue weighted by Crippen LogP contribution is -2.29. The van der Waals surface area contributed by atoms with Gasteiger partial charge in [-0.25, -0.2) is 0 Å². The van der Waals surface area contributed by atoms with E-state index in [0.717, 1.165) is 16.7 Å². The number of halogens is 4. The minimum absolute atomic E-state index is 0.146. The van der Waals surface area contributed by atoms with Gasteiger partial charge in [-0.2, -0.15) is 21.6 Å². The quantitative estimate of drug-likeness (QED) is 0.410. The van der Waals surface area contributed by atoms with Crippen LogP contribution in [0.15, 0.2) is 72.8 Å². The lowest BCUT2D eigenvalue weighted by Gasteiger charge is -2.11. The van der Waals surface area contributed by atoms with Gasteiger partial charge in [0.2, 0.25) is 0 Å². The van der Waals surface area contributed by atoms with Gasteiger partial charge in [-0.15, -0.1) is 0 Å². The van der Waals surface area contributed by atoms with Gasteiger partial charge in [0.25, 0.3) is 0 Å². The van der Waals surface area contributed by atoms with Crippen LogP contribution in [0.5, 0.6) is 0 Å². The molecule has 0 saturated carbocycles. The molecule has 0 unspecified atom stereocenters. The molecule has 0 saturated heterocycles. The fourth-order valence-electron chi connectivity index (χ4n) is 2.82. The van der Waals surface area contributed by atoms with E-state index in [-0.39, 0.29) is 5.69 Å². The maximum Gasteiger partial charge on any atom is 0.516 e. The van der Waals surface area contributed by atoms with Crippen molar-refractivity contribution in [3.8, 4) is 11.1 Å². The number of hydrogen-bond donors (Lipinski definition) is 1. The molecule has 0 amide bonds. The van der Waals surface area contributed by atoms with Gasteiger partial charge < -0.3 is 4.74 Å². The topological polar surface area (TPSA) is 55.4 Å². The van der Waals surface area contributed by atoms with E-state index in [9.17, 15) is 21.6 Å². The Balaban J connectivity index is 1.50. The van der Waals surface area contributed by atoms with Gasteiger partial charge in [0.15, 0.2) is 0 Å². The fraction of sp³-hybridized carbons (Fsp3) is 0.182. The molecule has 0 aliphatic rings. The summed E-state index contributed by atoms with van der Waals surface area (Å²) >= 11 is 5.90. The highest BCUT2D eigenvalue weighted by atomic mass is 35.5. The second-order valence-electron chi connectivity index (χ2n) is 6.76. The van der Waals surface area contributed by atoms with Gasteiger partial charge in [-0.05, 0) is 52.9 Å². The minimum Gasteiger partial charge on any atom is -0.376 e. The van der Waals surface area contributed by atoms with Crippen molar-refractivity contribution in [3.63, 3.8) is 0 Å². The summed E-state index contributed by atoms with van der Waals surface area (Å²) in [6, 6.07) is 21.2. The third kappa shape index (κ3) is 6.46. The fourth-order valence-corrected chi connectivity index (χ4v) is 3.50. The molecule has 31 heavy (non-hydrogen) atoms. The van der Waals surface area contributed by atoms with Crippen LogP contribution in [-0.2, 0) is 27.8 Å². The molecular formula is C22H19ClF3NO3S. The molecule has 3 rings (SSSR count). The number of nitrogens with one attached hydrogen (secondary N) is 1. The van der Waals surface area contributed by atoms with E-state index >= 15 is 0 Å². The maximum atomic E-state index is 12.5. The van der Waals surface area contributed by atoms with E-state index in [1.807, 2.05) is 48.5 Å². The van der Waals surface area contributed by atoms with Crippen LogP contribution in [0.4, 0.5) is 18.9 Å². The molecular weight excluding hydrogens is 451 g/mol. The van der Waals surface area contributed by atoms with E-state index in [1.54, 1.807) is 6.07 Å². The standard InChI is InChI=1S/C22H19ClF3NO3S/c23-20-10-8-19(9-11-20)18-6-4-17(5-7-18)15-30-13-12-16-2-1-3-21(14-16)27-31(28,29)22(24,25)26/h1-11,14,27H,12-13,15H2. The van der Waals surface area contributed by atoms with E-state index in [0.29, 0.717) is 30.2 Å². The maximum absolute atomic E-state index is 12.5. The second-order valence-corrected chi connectivity index (χ2v) is 8.87. The Bertz CT molecular complexity index is 1120. The van der Waals surface area contributed by atoms with Gasteiger partial charge in [0.05, 0.1) is 13.2 Å². The molecule has 0 aliphatic heterocycles. The molecule has 0 atom stereocenters. The predicted octanol–water partition coefficient (Wildman–Crippen LogP) is 6.03. The van der Waals surface area contributed by atoms with Crippen LogP contribution in [0.2, 0.25) is 5.02 Å². The molecule has 1 N–H and O–H groups in total.